The van der Waals surface area contributed by atoms with Gasteiger partial charge in [0.05, 0.1) is 11.4 Å². The minimum absolute atomic E-state index is 0.0640. The number of rotatable bonds is 4. The van der Waals surface area contributed by atoms with Crippen molar-refractivity contribution in [1.82, 2.24) is 24.3 Å². The molecule has 0 bridgehead atoms. The molecular weight excluding hydrogens is 451 g/mol. The fraction of sp³-hybridized carbons (Fsp3) is 0.292. The number of benzene rings is 1. The van der Waals surface area contributed by atoms with E-state index in [1.807, 2.05) is 27.7 Å². The number of nitrogens with two attached hydrogens (primary N) is 1. The van der Waals surface area contributed by atoms with Crippen LogP contribution in [0.4, 0.5) is 26.6 Å². The molecule has 0 fully saturated rings. The highest BCUT2D eigenvalue weighted by molar-refractivity contribution is 5.99. The van der Waals surface area contributed by atoms with E-state index in [0.717, 1.165) is 5.69 Å². The molecule has 3 aromatic heterocycles. The van der Waals surface area contributed by atoms with Crippen molar-refractivity contribution in [3.05, 3.63) is 58.4 Å². The summed E-state index contributed by atoms with van der Waals surface area (Å²) in [6, 6.07) is 6.85. The van der Waals surface area contributed by atoms with E-state index >= 15 is 0 Å². The van der Waals surface area contributed by atoms with E-state index in [2.05, 4.69) is 25.7 Å². The van der Waals surface area contributed by atoms with Crippen LogP contribution in [0.25, 0.3) is 22.2 Å². The Morgan fingerprint density at radius 3 is 2.57 bits per heavy atom. The lowest BCUT2D eigenvalue weighted by molar-refractivity contribution is 0.262. The number of nitrogens with zero attached hydrogens (tertiary/aromatic N) is 5. The number of urea groups is 1. The molecule has 0 saturated carbocycles. The first-order chi connectivity index (χ1) is 16.5. The number of carbonyl (C=O) groups is 1. The Bertz CT molecular complexity index is 1500. The van der Waals surface area contributed by atoms with Gasteiger partial charge in [0.2, 0.25) is 5.95 Å². The minimum Gasteiger partial charge on any atom is -0.368 e. The molecule has 2 amide bonds. The zero-order chi connectivity index (χ0) is 25.5. The number of nitrogens with one attached hydrogen (secondary N) is 2. The second-order valence-electron chi connectivity index (χ2n) is 9.18. The standard InChI is InChI=1S/C24H27FN8O2/c1-6-33-20-14(12-27-22(26)30-20)9-15(21(33)34)13-7-8-16(25)17(10-13)28-23(35)29-19-11-18(24(2,3)4)31-32(19)5/h7-12H,6H2,1-5H3,(H2,26,27,30)(H2,28,29,35). The first-order valence-corrected chi connectivity index (χ1v) is 11.1. The Hall–Kier alpha value is -4.28. The highest BCUT2D eigenvalue weighted by Crippen LogP contribution is 2.26. The van der Waals surface area contributed by atoms with Crippen molar-refractivity contribution in [3.63, 3.8) is 0 Å². The van der Waals surface area contributed by atoms with Crippen molar-refractivity contribution >= 4 is 34.5 Å². The fourth-order valence-electron chi connectivity index (χ4n) is 3.68. The van der Waals surface area contributed by atoms with Crippen LogP contribution >= 0.6 is 0 Å². The third-order valence-electron chi connectivity index (χ3n) is 5.58. The van der Waals surface area contributed by atoms with Gasteiger partial charge in [-0.1, -0.05) is 26.8 Å². The summed E-state index contributed by atoms with van der Waals surface area (Å²) in [7, 11) is 1.71. The molecule has 3 heterocycles. The first kappa shape index (κ1) is 23.9. The van der Waals surface area contributed by atoms with Gasteiger partial charge in [0.1, 0.15) is 17.3 Å². The molecule has 0 atom stereocenters. The maximum atomic E-state index is 14.6. The van der Waals surface area contributed by atoms with Gasteiger partial charge in [-0.15, -0.1) is 0 Å². The summed E-state index contributed by atoms with van der Waals surface area (Å²) in [5, 5.41) is 10.2. The summed E-state index contributed by atoms with van der Waals surface area (Å²) in [5.41, 5.74) is 7.07. The number of halogens is 1. The van der Waals surface area contributed by atoms with Crippen LogP contribution in [0.1, 0.15) is 33.4 Å². The van der Waals surface area contributed by atoms with E-state index in [4.69, 9.17) is 5.73 Å². The van der Waals surface area contributed by atoms with Crippen molar-refractivity contribution < 1.29 is 9.18 Å². The molecule has 11 heteroatoms. The SMILES string of the molecule is CCn1c(=O)c(-c2ccc(F)c(NC(=O)Nc3cc(C(C)(C)C)nn3C)c2)cc2cnc(N)nc21. The minimum atomic E-state index is -0.642. The van der Waals surface area contributed by atoms with Gasteiger partial charge in [0, 0.05) is 42.2 Å². The van der Waals surface area contributed by atoms with Crippen LogP contribution < -0.4 is 21.9 Å². The molecule has 4 aromatic rings. The number of amides is 2. The molecular formula is C24H27FN8O2. The lowest BCUT2D eigenvalue weighted by atomic mass is 9.92. The topological polar surface area (TPSA) is 133 Å². The van der Waals surface area contributed by atoms with E-state index in [-0.39, 0.29) is 22.6 Å². The number of aromatic nitrogens is 5. The Labute approximate surface area is 201 Å². The predicted molar refractivity (Wildman–Crippen MR) is 134 cm³/mol. The van der Waals surface area contributed by atoms with E-state index in [1.54, 1.807) is 23.9 Å². The summed E-state index contributed by atoms with van der Waals surface area (Å²) < 4.78 is 17.6. The molecule has 10 nitrogen and oxygen atoms in total. The highest BCUT2D eigenvalue weighted by Gasteiger charge is 2.20. The summed E-state index contributed by atoms with van der Waals surface area (Å²) in [5.74, 6) is -0.116. The van der Waals surface area contributed by atoms with Gasteiger partial charge in [0.25, 0.3) is 5.56 Å². The van der Waals surface area contributed by atoms with Gasteiger partial charge in [0.15, 0.2) is 0 Å². The number of hydrogen-bond donors (Lipinski definition) is 3. The van der Waals surface area contributed by atoms with Gasteiger partial charge < -0.3 is 11.1 Å². The van der Waals surface area contributed by atoms with Crippen LogP contribution in [-0.4, -0.2) is 30.3 Å². The molecule has 182 valence electrons. The Morgan fingerprint density at radius 2 is 1.91 bits per heavy atom. The average Bonchev–Trinajstić information content (AvgIpc) is 3.15. The summed E-state index contributed by atoms with van der Waals surface area (Å²) in [6.07, 6.45) is 1.53. The maximum absolute atomic E-state index is 14.6. The van der Waals surface area contributed by atoms with Crippen LogP contribution in [0.15, 0.2) is 41.3 Å². The van der Waals surface area contributed by atoms with Crippen LogP contribution in [0.5, 0.6) is 0 Å². The highest BCUT2D eigenvalue weighted by atomic mass is 19.1. The molecule has 0 aliphatic carbocycles. The van der Waals surface area contributed by atoms with E-state index in [0.29, 0.717) is 34.5 Å². The number of carbonyl (C=O) groups excluding carboxylic acids is 1. The van der Waals surface area contributed by atoms with Gasteiger partial charge in [-0.05, 0) is 30.7 Å². The average molecular weight is 479 g/mol. The number of anilines is 3. The van der Waals surface area contributed by atoms with Crippen molar-refractivity contribution in [1.29, 1.82) is 0 Å². The quantitative estimate of drug-likeness (QED) is 0.408. The largest absolute Gasteiger partial charge is 0.368 e. The second kappa shape index (κ2) is 8.82. The first-order valence-electron chi connectivity index (χ1n) is 11.1. The van der Waals surface area contributed by atoms with Crippen molar-refractivity contribution in [2.45, 2.75) is 39.7 Å². The summed E-state index contributed by atoms with van der Waals surface area (Å²) in [4.78, 5) is 34.0. The molecule has 0 radical (unpaired) electrons. The van der Waals surface area contributed by atoms with E-state index in [1.165, 1.54) is 29.0 Å². The summed E-state index contributed by atoms with van der Waals surface area (Å²) >= 11 is 0. The van der Waals surface area contributed by atoms with Crippen molar-refractivity contribution in [2.75, 3.05) is 16.4 Å². The number of nitrogen functional groups attached to an aromatic ring is 1. The van der Waals surface area contributed by atoms with E-state index < -0.39 is 11.8 Å². The number of fused-ring (bicyclic) bond motifs is 1. The Kier molecular flexibility index (Phi) is 6.01. The van der Waals surface area contributed by atoms with Gasteiger partial charge in [-0.2, -0.15) is 10.1 Å². The zero-order valence-electron chi connectivity index (χ0n) is 20.2. The number of aryl methyl sites for hydroxylation is 2. The van der Waals surface area contributed by atoms with Gasteiger partial charge >= 0.3 is 6.03 Å². The molecule has 0 saturated heterocycles. The van der Waals surface area contributed by atoms with Crippen LogP contribution in [0.3, 0.4) is 0 Å². The van der Waals surface area contributed by atoms with Crippen LogP contribution in [0.2, 0.25) is 0 Å². The predicted octanol–water partition coefficient (Wildman–Crippen LogP) is 3.87. The molecule has 0 spiro atoms. The third-order valence-corrected chi connectivity index (χ3v) is 5.58. The molecule has 0 aliphatic heterocycles. The molecule has 4 N–H and O–H groups in total. The fourth-order valence-corrected chi connectivity index (χ4v) is 3.68. The van der Waals surface area contributed by atoms with Gasteiger partial charge in [-0.3, -0.25) is 19.4 Å². The summed E-state index contributed by atoms with van der Waals surface area (Å²) in [6.45, 7) is 8.21. The second-order valence-corrected chi connectivity index (χ2v) is 9.18. The van der Waals surface area contributed by atoms with Crippen molar-refractivity contribution in [2.24, 2.45) is 7.05 Å². The van der Waals surface area contributed by atoms with Crippen LogP contribution in [0, 0.1) is 5.82 Å². The molecule has 1 aromatic carbocycles. The Balaban J connectivity index is 1.66. The molecule has 0 unspecified atom stereocenters. The molecule has 35 heavy (non-hydrogen) atoms. The monoisotopic (exact) mass is 478 g/mol. The van der Waals surface area contributed by atoms with E-state index in [9.17, 15) is 14.0 Å². The molecule has 4 rings (SSSR count). The molecule has 0 aliphatic rings. The maximum Gasteiger partial charge on any atom is 0.324 e. The third kappa shape index (κ3) is 4.70. The van der Waals surface area contributed by atoms with Crippen LogP contribution in [-0.2, 0) is 19.0 Å². The smallest absolute Gasteiger partial charge is 0.324 e. The lowest BCUT2D eigenvalue weighted by Crippen LogP contribution is -2.23. The normalized spacial score (nSPS) is 11.6. The zero-order valence-corrected chi connectivity index (χ0v) is 20.2. The lowest BCUT2D eigenvalue weighted by Gasteiger charge is -2.13. The number of pyridine rings is 1. The Morgan fingerprint density at radius 1 is 1.17 bits per heavy atom. The van der Waals surface area contributed by atoms with Crippen molar-refractivity contribution in [3.8, 4) is 11.1 Å². The van der Waals surface area contributed by atoms with Gasteiger partial charge in [-0.25, -0.2) is 14.2 Å². The number of hydrogen-bond acceptors (Lipinski definition) is 6.